The highest BCUT2D eigenvalue weighted by atomic mass is 28.3. The van der Waals surface area contributed by atoms with Gasteiger partial charge in [0, 0.05) is 5.57 Å². The van der Waals surface area contributed by atoms with Gasteiger partial charge in [0.25, 0.3) is 0 Å². The number of hydrogen-bond donors (Lipinski definition) is 0. The van der Waals surface area contributed by atoms with E-state index in [1.807, 2.05) is 44.2 Å². The lowest BCUT2D eigenvalue weighted by atomic mass is 9.76. The molecule has 0 radical (unpaired) electrons. The van der Waals surface area contributed by atoms with E-state index >= 15 is 0 Å². The van der Waals surface area contributed by atoms with Crippen molar-refractivity contribution in [2.45, 2.75) is 59.9 Å². The Morgan fingerprint density at radius 2 is 1.34 bits per heavy atom. The summed E-state index contributed by atoms with van der Waals surface area (Å²) in [5.74, 6) is 2.33. The van der Waals surface area contributed by atoms with E-state index in [0.717, 1.165) is 11.1 Å². The van der Waals surface area contributed by atoms with E-state index in [1.165, 1.54) is 0 Å². The van der Waals surface area contributed by atoms with Crippen molar-refractivity contribution in [1.82, 2.24) is 0 Å². The van der Waals surface area contributed by atoms with Crippen LogP contribution in [0.25, 0.3) is 11.1 Å². The molecule has 2 unspecified atom stereocenters. The lowest BCUT2D eigenvalue weighted by Gasteiger charge is -2.33. The molecular formula is C30H42O7Si. The molecule has 0 amide bonds. The van der Waals surface area contributed by atoms with Gasteiger partial charge in [-0.2, -0.15) is 0 Å². The van der Waals surface area contributed by atoms with Crippen LogP contribution in [0.1, 0.15) is 45.7 Å². The zero-order valence-corrected chi connectivity index (χ0v) is 25.7. The zero-order valence-electron chi connectivity index (χ0n) is 24.6. The van der Waals surface area contributed by atoms with Crippen LogP contribution in [-0.4, -0.2) is 55.5 Å². The van der Waals surface area contributed by atoms with E-state index in [4.69, 9.17) is 28.1 Å². The topological polar surface area (TPSA) is 72.5 Å². The summed E-state index contributed by atoms with van der Waals surface area (Å²) in [5.41, 5.74) is 2.62. The predicted molar refractivity (Wildman–Crippen MR) is 153 cm³/mol. The first-order chi connectivity index (χ1) is 17.9. The predicted octanol–water partition coefficient (Wildman–Crippen LogP) is 6.03. The van der Waals surface area contributed by atoms with E-state index in [9.17, 15) is 4.79 Å². The third kappa shape index (κ3) is 5.86. The van der Waals surface area contributed by atoms with Crippen molar-refractivity contribution in [2.24, 2.45) is 11.3 Å². The smallest absolute Gasteiger partial charge is 0.203 e. The second-order valence-electron chi connectivity index (χ2n) is 11.0. The summed E-state index contributed by atoms with van der Waals surface area (Å²) in [7, 11) is 4.77. The molecule has 1 aliphatic carbocycles. The van der Waals surface area contributed by atoms with Crippen molar-refractivity contribution in [1.29, 1.82) is 0 Å². The Kier molecular flexibility index (Phi) is 9.20. The van der Waals surface area contributed by atoms with E-state index in [2.05, 4.69) is 33.9 Å². The van der Waals surface area contributed by atoms with Gasteiger partial charge in [0.2, 0.25) is 5.75 Å². The third-order valence-electron chi connectivity index (χ3n) is 6.53. The normalized spacial score (nSPS) is 17.9. The Bertz CT molecular complexity index is 1170. The fourth-order valence-corrected chi connectivity index (χ4v) is 5.92. The van der Waals surface area contributed by atoms with Crippen LogP contribution in [0, 0.1) is 11.3 Å². The van der Waals surface area contributed by atoms with Crippen molar-refractivity contribution in [3.05, 3.63) is 41.5 Å². The minimum Gasteiger partial charge on any atom is -0.493 e. The van der Waals surface area contributed by atoms with Crippen molar-refractivity contribution < 1.29 is 32.9 Å². The molecule has 0 aliphatic heterocycles. The maximum Gasteiger partial charge on any atom is 0.203 e. The van der Waals surface area contributed by atoms with Crippen LogP contribution in [0.4, 0.5) is 0 Å². The molecule has 0 aromatic heterocycles. The number of hydrogen-bond acceptors (Lipinski definition) is 7. The summed E-state index contributed by atoms with van der Waals surface area (Å²) in [6.45, 7) is 14.5. The first-order valence-corrected chi connectivity index (χ1v) is 15.7. The molecule has 2 atom stereocenters. The summed E-state index contributed by atoms with van der Waals surface area (Å²) >= 11 is 0. The summed E-state index contributed by atoms with van der Waals surface area (Å²) in [6.07, 6.45) is -0.464. The molecule has 7 nitrogen and oxygen atoms in total. The van der Waals surface area contributed by atoms with E-state index < -0.39 is 15.1 Å². The molecule has 0 bridgehead atoms. The molecule has 0 saturated carbocycles. The lowest BCUT2D eigenvalue weighted by molar-refractivity contribution is -0.121. The Morgan fingerprint density at radius 3 is 1.79 bits per heavy atom. The van der Waals surface area contributed by atoms with Gasteiger partial charge in [-0.15, -0.1) is 0 Å². The van der Waals surface area contributed by atoms with Crippen LogP contribution < -0.4 is 23.7 Å². The molecule has 8 heteroatoms. The van der Waals surface area contributed by atoms with Crippen LogP contribution in [0.5, 0.6) is 28.7 Å². The minimum absolute atomic E-state index is 0.0311. The minimum atomic E-state index is -1.55. The number of Topliss-reactive ketones (excluding diaryl/α,β-unsaturated/α-hetero) is 1. The number of methoxy groups -OCH3 is 4. The molecule has 1 aliphatic rings. The SMILES string of the molecule is COc1ccc(C2=C(c3cc(OC)c(OC)c(OC)c3)C(=O)C(C(C)(C)C)C2O[SiH](C)C)cc1OC(C)C. The highest BCUT2D eigenvalue weighted by Crippen LogP contribution is 2.51. The highest BCUT2D eigenvalue weighted by molar-refractivity contribution is 6.49. The van der Waals surface area contributed by atoms with E-state index in [0.29, 0.717) is 39.9 Å². The van der Waals surface area contributed by atoms with Gasteiger partial charge in [0.05, 0.1) is 46.6 Å². The average molecular weight is 543 g/mol. The molecule has 0 saturated heterocycles. The van der Waals surface area contributed by atoms with Crippen molar-refractivity contribution in [2.75, 3.05) is 28.4 Å². The summed E-state index contributed by atoms with van der Waals surface area (Å²) < 4.78 is 35.2. The average Bonchev–Trinajstić information content (AvgIpc) is 3.13. The Labute approximate surface area is 228 Å². The number of rotatable bonds is 10. The summed E-state index contributed by atoms with van der Waals surface area (Å²) in [4.78, 5) is 14.4. The van der Waals surface area contributed by atoms with Gasteiger partial charge in [0.15, 0.2) is 37.8 Å². The second-order valence-corrected chi connectivity index (χ2v) is 13.4. The molecule has 2 aromatic rings. The van der Waals surface area contributed by atoms with Crippen LogP contribution >= 0.6 is 0 Å². The van der Waals surface area contributed by atoms with Gasteiger partial charge >= 0.3 is 0 Å². The van der Waals surface area contributed by atoms with Gasteiger partial charge in [-0.05, 0) is 73.3 Å². The third-order valence-corrected chi connectivity index (χ3v) is 7.37. The zero-order chi connectivity index (χ0) is 28.4. The molecule has 0 fully saturated rings. The Morgan fingerprint density at radius 1 is 0.789 bits per heavy atom. The second kappa shape index (κ2) is 11.8. The van der Waals surface area contributed by atoms with Gasteiger partial charge in [-0.1, -0.05) is 26.8 Å². The number of carbonyl (C=O) groups is 1. The monoisotopic (exact) mass is 542 g/mol. The standard InChI is InChI=1S/C30H42O7Si/c1-17(2)36-21-14-18(12-13-20(21)32-6)25-24(19-15-22(33-7)28(35-9)23(16-19)34-8)27(31)26(30(3,4)5)29(25)37-38(10)11/h12-17,26,29,38H,1-11H3. The number of carbonyl (C=O) groups excluding carboxylic acids is 1. The van der Waals surface area contributed by atoms with Gasteiger partial charge < -0.3 is 28.1 Å². The fraction of sp³-hybridized carbons (Fsp3) is 0.500. The number of ketones is 1. The lowest BCUT2D eigenvalue weighted by Crippen LogP contribution is -2.38. The van der Waals surface area contributed by atoms with Gasteiger partial charge in [0.1, 0.15) is 0 Å². The number of benzene rings is 2. The molecule has 38 heavy (non-hydrogen) atoms. The Hall–Kier alpha value is -2.97. The first-order valence-electron chi connectivity index (χ1n) is 13.0. The van der Waals surface area contributed by atoms with Crippen LogP contribution in [0.15, 0.2) is 30.3 Å². The molecule has 208 valence electrons. The molecule has 3 rings (SSSR count). The van der Waals surface area contributed by atoms with E-state index in [1.54, 1.807) is 28.4 Å². The molecule has 0 spiro atoms. The summed E-state index contributed by atoms with van der Waals surface area (Å²) in [5, 5.41) is 0. The molecule has 0 heterocycles. The molecular weight excluding hydrogens is 500 g/mol. The van der Waals surface area contributed by atoms with Crippen molar-refractivity contribution >= 4 is 26.0 Å². The van der Waals surface area contributed by atoms with Gasteiger partial charge in [-0.25, -0.2) is 0 Å². The van der Waals surface area contributed by atoms with Crippen molar-refractivity contribution in [3.63, 3.8) is 0 Å². The van der Waals surface area contributed by atoms with Gasteiger partial charge in [-0.3, -0.25) is 4.79 Å². The fourth-order valence-electron chi connectivity index (χ4n) is 5.04. The molecule has 2 aromatic carbocycles. The number of allylic oxidation sites excluding steroid dienone is 1. The van der Waals surface area contributed by atoms with Crippen LogP contribution in [0.3, 0.4) is 0 Å². The Balaban J connectivity index is 2.41. The maximum atomic E-state index is 14.4. The first kappa shape index (κ1) is 29.6. The van der Waals surface area contributed by atoms with Crippen LogP contribution in [0.2, 0.25) is 13.1 Å². The maximum absolute atomic E-state index is 14.4. The quantitative estimate of drug-likeness (QED) is 0.339. The van der Waals surface area contributed by atoms with Crippen molar-refractivity contribution in [3.8, 4) is 28.7 Å². The highest BCUT2D eigenvalue weighted by Gasteiger charge is 2.49. The van der Waals surface area contributed by atoms with E-state index in [-0.39, 0.29) is 23.2 Å². The largest absolute Gasteiger partial charge is 0.493 e. The van der Waals surface area contributed by atoms with Crippen LogP contribution in [-0.2, 0) is 9.22 Å². The number of ether oxygens (including phenoxy) is 5. The summed E-state index contributed by atoms with van der Waals surface area (Å²) in [6, 6.07) is 9.46. The molecule has 0 N–H and O–H groups in total.